The molecular weight excluding hydrogens is 585 g/mol. The molecule has 0 aliphatic carbocycles. The molecule has 0 radical (unpaired) electrons. The van der Waals surface area contributed by atoms with Crippen LogP contribution in [0.4, 0.5) is 27.6 Å². The van der Waals surface area contributed by atoms with Gasteiger partial charge in [-0.25, -0.2) is 26.9 Å². The number of halogens is 5. The summed E-state index contributed by atoms with van der Waals surface area (Å²) in [5, 5.41) is 11.6. The highest BCUT2D eigenvalue weighted by Gasteiger charge is 2.33. The Morgan fingerprint density at radius 2 is 1.57 bits per heavy atom. The average molecular weight is 610 g/mol. The first-order valence-electron chi connectivity index (χ1n) is 13.6. The largest absolute Gasteiger partial charge is 0.392 e. The topological polar surface area (TPSA) is 85.6 Å². The van der Waals surface area contributed by atoms with Crippen molar-refractivity contribution >= 4 is 22.6 Å². The van der Waals surface area contributed by atoms with Gasteiger partial charge in [0.25, 0.3) is 5.91 Å². The van der Waals surface area contributed by atoms with Gasteiger partial charge in [-0.1, -0.05) is 48.5 Å². The first-order valence-corrected chi connectivity index (χ1v) is 13.6. The van der Waals surface area contributed by atoms with E-state index < -0.39 is 53.0 Å². The molecule has 7 nitrogen and oxygen atoms in total. The Morgan fingerprint density at radius 3 is 2.30 bits per heavy atom. The van der Waals surface area contributed by atoms with Crippen LogP contribution in [0.15, 0.2) is 79.1 Å². The first-order chi connectivity index (χ1) is 21.2. The summed E-state index contributed by atoms with van der Waals surface area (Å²) < 4.78 is 83.9. The number of fused-ring (bicyclic) bond motifs is 1. The third-order valence-electron chi connectivity index (χ3n) is 7.40. The van der Waals surface area contributed by atoms with Gasteiger partial charge in [0.05, 0.1) is 42.7 Å². The number of aliphatic hydroxyl groups excluding tert-OH is 1. The molecule has 0 bridgehead atoms. The Morgan fingerprint density at radius 1 is 0.864 bits per heavy atom. The van der Waals surface area contributed by atoms with Crippen molar-refractivity contribution in [2.45, 2.75) is 38.1 Å². The lowest BCUT2D eigenvalue weighted by molar-refractivity contribution is -0.252. The number of amides is 1. The van der Waals surface area contributed by atoms with Crippen LogP contribution in [-0.2, 0) is 22.6 Å². The fourth-order valence-corrected chi connectivity index (χ4v) is 5.17. The maximum atomic E-state index is 14.2. The number of aliphatic hydroxyl groups is 1. The number of ether oxygens (including phenoxy) is 2. The number of carbonyl (C=O) groups excluding carboxylic acids is 1. The van der Waals surface area contributed by atoms with Crippen molar-refractivity contribution in [2.24, 2.45) is 0 Å². The molecule has 5 aromatic rings. The second kappa shape index (κ2) is 12.2. The highest BCUT2D eigenvalue weighted by molar-refractivity contribution is 6.04. The molecule has 1 saturated heterocycles. The normalized spacial score (nSPS) is 18.5. The highest BCUT2D eigenvalue weighted by atomic mass is 19.2. The molecular formula is C32H24F5N3O4. The average Bonchev–Trinajstić information content (AvgIpc) is 3.45. The predicted octanol–water partition coefficient (Wildman–Crippen LogP) is 6.72. The molecule has 4 aromatic carbocycles. The Bertz CT molecular complexity index is 1820. The highest BCUT2D eigenvalue weighted by Crippen LogP contribution is 2.39. The van der Waals surface area contributed by atoms with Crippen LogP contribution in [0.3, 0.4) is 0 Å². The molecule has 2 N–H and O–H groups in total. The predicted molar refractivity (Wildman–Crippen MR) is 149 cm³/mol. The molecule has 44 heavy (non-hydrogen) atoms. The molecule has 226 valence electrons. The number of rotatable bonds is 7. The summed E-state index contributed by atoms with van der Waals surface area (Å²) in [6.07, 6.45) is 0.419. The van der Waals surface area contributed by atoms with Gasteiger partial charge in [0.15, 0.2) is 29.6 Å². The van der Waals surface area contributed by atoms with Gasteiger partial charge in [-0.05, 0) is 35.4 Å². The van der Waals surface area contributed by atoms with E-state index in [9.17, 15) is 31.9 Å². The van der Waals surface area contributed by atoms with E-state index in [1.54, 1.807) is 24.5 Å². The van der Waals surface area contributed by atoms with E-state index in [0.29, 0.717) is 18.5 Å². The Labute approximate surface area is 247 Å². The first kappa shape index (κ1) is 29.4. The molecule has 1 amide bonds. The van der Waals surface area contributed by atoms with Gasteiger partial charge in [-0.2, -0.15) is 0 Å². The zero-order valence-electron chi connectivity index (χ0n) is 22.8. The zero-order chi connectivity index (χ0) is 31.0. The number of carbonyl (C=O) groups is 1. The van der Waals surface area contributed by atoms with Crippen molar-refractivity contribution in [1.82, 2.24) is 9.55 Å². The number of hydrogen-bond donors (Lipinski definition) is 2. The fourth-order valence-electron chi connectivity index (χ4n) is 5.17. The number of imidazole rings is 1. The van der Waals surface area contributed by atoms with Crippen molar-refractivity contribution in [3.63, 3.8) is 0 Å². The number of para-hydroxylation sites is 2. The van der Waals surface area contributed by atoms with Crippen LogP contribution < -0.4 is 5.32 Å². The molecule has 1 aromatic heterocycles. The van der Waals surface area contributed by atoms with Crippen LogP contribution in [0.5, 0.6) is 0 Å². The molecule has 0 saturated carbocycles. The van der Waals surface area contributed by atoms with Gasteiger partial charge in [0, 0.05) is 17.7 Å². The number of nitrogens with one attached hydrogen (secondary N) is 1. The summed E-state index contributed by atoms with van der Waals surface area (Å²) in [5.74, 6) is -12.8. The zero-order valence-corrected chi connectivity index (χ0v) is 22.8. The number of hydrogen-bond acceptors (Lipinski definition) is 5. The number of anilines is 1. The Balaban J connectivity index is 1.28. The van der Waals surface area contributed by atoms with Gasteiger partial charge in [-0.15, -0.1) is 0 Å². The minimum absolute atomic E-state index is 0.00946. The number of nitrogens with zero attached hydrogens (tertiary/aromatic N) is 2. The van der Waals surface area contributed by atoms with Crippen molar-refractivity contribution in [3.8, 4) is 0 Å². The van der Waals surface area contributed by atoms with Crippen LogP contribution in [0, 0.1) is 29.1 Å². The lowest BCUT2D eigenvalue weighted by Crippen LogP contribution is -2.32. The second-order valence-corrected chi connectivity index (χ2v) is 10.3. The third kappa shape index (κ3) is 5.66. The second-order valence-electron chi connectivity index (χ2n) is 10.3. The standard InChI is InChI=1S/C32H24F5N3O4/c33-26-25(27(34)29(36)30(37)28(26)35)31(42)39-20-5-3-4-19(12-20)32-43-21(14-40-16-38-22-6-1-2-7-23(22)40)13-24(44-32)18-10-8-17(15-41)9-11-18/h1-12,16,21,24,32,41H,13-15H2,(H,39,42)/t21-,24+,32+/m1/s1. The van der Waals surface area contributed by atoms with Gasteiger partial charge in [0.1, 0.15) is 5.56 Å². The van der Waals surface area contributed by atoms with Crippen LogP contribution >= 0.6 is 0 Å². The van der Waals surface area contributed by atoms with Crippen LogP contribution in [0.25, 0.3) is 11.0 Å². The van der Waals surface area contributed by atoms with Crippen molar-refractivity contribution in [2.75, 3.05) is 5.32 Å². The molecule has 12 heteroatoms. The molecule has 1 fully saturated rings. The SMILES string of the molecule is O=C(Nc1cccc([C@H]2O[C@@H](Cn3cnc4ccccc43)C[C@@H](c3ccc(CO)cc3)O2)c1)c1c(F)c(F)c(F)c(F)c1F. The molecule has 2 heterocycles. The molecule has 0 spiro atoms. The summed E-state index contributed by atoms with van der Waals surface area (Å²) in [6.45, 7) is 0.319. The molecule has 1 aliphatic heterocycles. The summed E-state index contributed by atoms with van der Waals surface area (Å²) in [5.41, 5.74) is 2.15. The Kier molecular flexibility index (Phi) is 8.13. The van der Waals surface area contributed by atoms with E-state index in [1.807, 2.05) is 41.0 Å². The quantitative estimate of drug-likeness (QED) is 0.122. The van der Waals surface area contributed by atoms with E-state index in [1.165, 1.54) is 18.2 Å². The van der Waals surface area contributed by atoms with Gasteiger partial charge in [-0.3, -0.25) is 4.79 Å². The van der Waals surface area contributed by atoms with Gasteiger partial charge in [0.2, 0.25) is 5.82 Å². The molecule has 0 unspecified atom stereocenters. The third-order valence-corrected chi connectivity index (χ3v) is 7.40. The minimum atomic E-state index is -2.36. The lowest BCUT2D eigenvalue weighted by atomic mass is 10.00. The fraction of sp³-hybridized carbons (Fsp3) is 0.188. The van der Waals surface area contributed by atoms with Crippen LogP contribution in [0.1, 0.15) is 45.9 Å². The molecule has 3 atom stereocenters. The Hall–Kier alpha value is -4.65. The van der Waals surface area contributed by atoms with E-state index in [4.69, 9.17) is 9.47 Å². The van der Waals surface area contributed by atoms with Crippen molar-refractivity contribution < 1.29 is 41.3 Å². The molecule has 6 rings (SSSR count). The monoisotopic (exact) mass is 609 g/mol. The van der Waals surface area contributed by atoms with Crippen molar-refractivity contribution in [3.05, 3.63) is 130 Å². The van der Waals surface area contributed by atoms with E-state index in [0.717, 1.165) is 22.2 Å². The summed E-state index contributed by atoms with van der Waals surface area (Å²) in [4.78, 5) is 17.1. The summed E-state index contributed by atoms with van der Waals surface area (Å²) >= 11 is 0. The summed E-state index contributed by atoms with van der Waals surface area (Å²) in [7, 11) is 0. The lowest BCUT2D eigenvalue weighted by Gasteiger charge is -2.36. The minimum Gasteiger partial charge on any atom is -0.392 e. The van der Waals surface area contributed by atoms with Crippen LogP contribution in [0.2, 0.25) is 0 Å². The van der Waals surface area contributed by atoms with Crippen molar-refractivity contribution in [1.29, 1.82) is 0 Å². The smallest absolute Gasteiger partial charge is 0.261 e. The number of benzene rings is 4. The number of aromatic nitrogens is 2. The van der Waals surface area contributed by atoms with E-state index in [-0.39, 0.29) is 18.4 Å². The summed E-state index contributed by atoms with van der Waals surface area (Å²) in [6, 6.07) is 20.9. The maximum Gasteiger partial charge on any atom is 0.261 e. The van der Waals surface area contributed by atoms with Gasteiger partial charge >= 0.3 is 0 Å². The van der Waals surface area contributed by atoms with E-state index >= 15 is 0 Å². The van der Waals surface area contributed by atoms with Crippen LogP contribution in [-0.4, -0.2) is 26.7 Å². The van der Waals surface area contributed by atoms with Gasteiger partial charge < -0.3 is 24.5 Å². The van der Waals surface area contributed by atoms with E-state index in [2.05, 4.69) is 10.3 Å². The molecule has 1 aliphatic rings. The maximum absolute atomic E-state index is 14.2.